The van der Waals surface area contributed by atoms with Crippen LogP contribution in [0.15, 0.2) is 48.5 Å². The van der Waals surface area contributed by atoms with Crippen molar-refractivity contribution in [3.63, 3.8) is 0 Å². The molecule has 0 saturated carbocycles. The molecular formula is C58H70F8O4. The molecule has 4 aromatic rings. The van der Waals surface area contributed by atoms with Gasteiger partial charge in [0.05, 0.1) is 26.4 Å². The van der Waals surface area contributed by atoms with Gasteiger partial charge in [0.25, 0.3) is 0 Å². The lowest BCUT2D eigenvalue weighted by atomic mass is 10.1. The molecule has 4 aromatic carbocycles. The van der Waals surface area contributed by atoms with E-state index in [1.54, 1.807) is 48.5 Å². The monoisotopic (exact) mass is 983 g/mol. The predicted molar refractivity (Wildman–Crippen MR) is 262 cm³/mol. The van der Waals surface area contributed by atoms with Crippen molar-refractivity contribution in [3.8, 4) is 46.7 Å². The lowest BCUT2D eigenvalue weighted by Gasteiger charge is -2.11. The van der Waals surface area contributed by atoms with Crippen LogP contribution in [0.4, 0.5) is 35.1 Å². The van der Waals surface area contributed by atoms with Gasteiger partial charge in [-0.1, -0.05) is 166 Å². The molecule has 0 N–H and O–H groups in total. The van der Waals surface area contributed by atoms with Crippen molar-refractivity contribution < 1.29 is 54.1 Å². The molecule has 0 spiro atoms. The van der Waals surface area contributed by atoms with E-state index in [9.17, 15) is 35.1 Å². The van der Waals surface area contributed by atoms with Crippen LogP contribution in [-0.2, 0) is 0 Å². The Hall–Kier alpha value is -5.36. The number of unbranched alkanes of at least 4 members (excludes halogenated alkanes) is 21. The van der Waals surface area contributed by atoms with Gasteiger partial charge in [-0.15, -0.1) is 0 Å². The summed E-state index contributed by atoms with van der Waals surface area (Å²) in [6.45, 7) is 5.19. The highest BCUT2D eigenvalue weighted by Gasteiger charge is 2.27. The molecule has 4 nitrogen and oxygen atoms in total. The average molecular weight is 983 g/mol. The van der Waals surface area contributed by atoms with Crippen molar-refractivity contribution in [2.24, 2.45) is 0 Å². The Balaban J connectivity index is 1.09. The zero-order valence-corrected chi connectivity index (χ0v) is 41.1. The lowest BCUT2D eigenvalue weighted by molar-refractivity contribution is 0.261. The summed E-state index contributed by atoms with van der Waals surface area (Å²) in [5.41, 5.74) is -1.31. The number of ether oxygens (including phenoxy) is 4. The van der Waals surface area contributed by atoms with Crippen LogP contribution in [0.5, 0.6) is 23.0 Å². The molecule has 0 aliphatic rings. The molecule has 70 heavy (non-hydrogen) atoms. The lowest BCUT2D eigenvalue weighted by Crippen LogP contribution is -2.08. The second-order valence-corrected chi connectivity index (χ2v) is 17.6. The first-order valence-electron chi connectivity index (χ1n) is 25.5. The summed E-state index contributed by atoms with van der Waals surface area (Å²) in [4.78, 5) is 0. The summed E-state index contributed by atoms with van der Waals surface area (Å²) in [7, 11) is 0. The Kier molecular flexibility index (Phi) is 27.2. The summed E-state index contributed by atoms with van der Waals surface area (Å²) in [5.74, 6) is -4.71. The molecule has 0 aromatic heterocycles. The fourth-order valence-corrected chi connectivity index (χ4v) is 7.70. The Bertz CT molecular complexity index is 2060. The van der Waals surface area contributed by atoms with Crippen LogP contribution in [0.1, 0.15) is 190 Å². The molecule has 0 amide bonds. The third-order valence-electron chi connectivity index (χ3n) is 11.9. The van der Waals surface area contributed by atoms with Crippen molar-refractivity contribution in [2.75, 3.05) is 26.4 Å². The fraction of sp³-hybridized carbons (Fsp3) is 0.517. The van der Waals surface area contributed by atoms with Crippen LogP contribution in [0.3, 0.4) is 0 Å². The van der Waals surface area contributed by atoms with Gasteiger partial charge in [0, 0.05) is 11.1 Å². The number of benzene rings is 4. The maximum atomic E-state index is 14.9. The van der Waals surface area contributed by atoms with E-state index in [-0.39, 0.29) is 13.2 Å². The SMILES string of the molecule is CCCCCCCCCCOc1ccc(C#Cc2c(F)c(F)c(OCCCCCCCCCCOc3c(F)c(F)c(C#Cc4ccc(OCCCCCCCCCC)cc4)c(F)c3F)c(F)c2F)cc1. The van der Waals surface area contributed by atoms with E-state index >= 15 is 0 Å². The van der Waals surface area contributed by atoms with Crippen molar-refractivity contribution >= 4 is 0 Å². The molecule has 0 radical (unpaired) electrons. The van der Waals surface area contributed by atoms with Crippen LogP contribution in [0.25, 0.3) is 0 Å². The highest BCUT2D eigenvalue weighted by atomic mass is 19.2. The highest BCUT2D eigenvalue weighted by molar-refractivity contribution is 5.49. The Labute approximate surface area is 411 Å². The number of halogens is 8. The molecule has 0 unspecified atom stereocenters. The molecule has 0 aliphatic heterocycles. The first-order chi connectivity index (χ1) is 34.1. The van der Waals surface area contributed by atoms with Gasteiger partial charge in [0.1, 0.15) is 22.6 Å². The molecule has 0 fully saturated rings. The summed E-state index contributed by atoms with van der Waals surface area (Å²) in [5, 5.41) is 0. The Morgan fingerprint density at radius 1 is 0.286 bits per heavy atom. The molecule has 0 saturated heterocycles. The van der Waals surface area contributed by atoms with Gasteiger partial charge in [-0.05, 0) is 74.2 Å². The van der Waals surface area contributed by atoms with Crippen LogP contribution < -0.4 is 18.9 Å². The molecular weight excluding hydrogens is 913 g/mol. The van der Waals surface area contributed by atoms with Gasteiger partial charge >= 0.3 is 0 Å². The number of hydrogen-bond donors (Lipinski definition) is 0. The van der Waals surface area contributed by atoms with Crippen molar-refractivity contribution in [1.82, 2.24) is 0 Å². The smallest absolute Gasteiger partial charge is 0.205 e. The van der Waals surface area contributed by atoms with Crippen molar-refractivity contribution in [1.29, 1.82) is 0 Å². The quantitative estimate of drug-likeness (QED) is 0.0206. The maximum absolute atomic E-state index is 14.9. The fourth-order valence-electron chi connectivity index (χ4n) is 7.70. The minimum absolute atomic E-state index is 0.173. The molecule has 0 heterocycles. The zero-order valence-electron chi connectivity index (χ0n) is 41.1. The van der Waals surface area contributed by atoms with E-state index in [0.29, 0.717) is 61.5 Å². The van der Waals surface area contributed by atoms with Gasteiger partial charge in [-0.25, -0.2) is 17.6 Å². The van der Waals surface area contributed by atoms with E-state index in [1.807, 2.05) is 0 Å². The van der Waals surface area contributed by atoms with Gasteiger partial charge in [0.2, 0.25) is 23.3 Å². The summed E-state index contributed by atoms with van der Waals surface area (Å²) >= 11 is 0. The molecule has 12 heteroatoms. The summed E-state index contributed by atoms with van der Waals surface area (Å²) in [6.07, 6.45) is 23.9. The standard InChI is InChI=1S/C58H70F8O4/c1-3-5-7-9-11-15-19-23-39-67-45-33-27-43(28-34-45)31-37-47-49(59)53(63)57(54(64)50(47)60)69-41-25-21-17-13-14-18-22-26-42-70-58-55(65)51(61)48(52(62)56(58)66)38-32-44-29-35-46(36-30-44)68-40-24-20-16-12-10-8-6-4-2/h27-30,33-36H,3-26,39-42H2,1-2H3. The second kappa shape index (κ2) is 33.3. The van der Waals surface area contributed by atoms with Gasteiger partial charge in [-0.2, -0.15) is 17.6 Å². The van der Waals surface area contributed by atoms with Crippen molar-refractivity contribution in [3.05, 3.63) is 117 Å². The third-order valence-corrected chi connectivity index (χ3v) is 11.9. The Morgan fingerprint density at radius 3 is 0.800 bits per heavy atom. The van der Waals surface area contributed by atoms with E-state index in [1.165, 1.54) is 77.0 Å². The van der Waals surface area contributed by atoms with E-state index in [4.69, 9.17) is 18.9 Å². The van der Waals surface area contributed by atoms with Gasteiger partial charge in [0.15, 0.2) is 34.8 Å². The minimum Gasteiger partial charge on any atom is -0.494 e. The van der Waals surface area contributed by atoms with Crippen LogP contribution in [0, 0.1) is 70.2 Å². The molecule has 382 valence electrons. The largest absolute Gasteiger partial charge is 0.494 e. The predicted octanol–water partition coefficient (Wildman–Crippen LogP) is 17.2. The number of hydrogen-bond acceptors (Lipinski definition) is 4. The first-order valence-corrected chi connectivity index (χ1v) is 25.5. The normalized spacial score (nSPS) is 10.9. The minimum atomic E-state index is -1.66. The van der Waals surface area contributed by atoms with E-state index in [0.717, 1.165) is 51.4 Å². The maximum Gasteiger partial charge on any atom is 0.205 e. The molecule has 0 bridgehead atoms. The zero-order chi connectivity index (χ0) is 50.4. The first kappa shape index (κ1) is 57.2. The van der Waals surface area contributed by atoms with Gasteiger partial charge in [-0.3, -0.25) is 0 Å². The third kappa shape index (κ3) is 19.8. The Morgan fingerprint density at radius 2 is 0.529 bits per heavy atom. The van der Waals surface area contributed by atoms with Gasteiger partial charge < -0.3 is 18.9 Å². The molecule has 0 atom stereocenters. The number of rotatable bonds is 33. The van der Waals surface area contributed by atoms with E-state index in [2.05, 4.69) is 37.5 Å². The summed E-state index contributed by atoms with van der Waals surface area (Å²) < 4.78 is 140. The average Bonchev–Trinajstić information content (AvgIpc) is 3.37. The second-order valence-electron chi connectivity index (χ2n) is 17.6. The topological polar surface area (TPSA) is 36.9 Å². The molecule has 0 aliphatic carbocycles. The van der Waals surface area contributed by atoms with Crippen LogP contribution in [0.2, 0.25) is 0 Å². The van der Waals surface area contributed by atoms with E-state index < -0.39 is 69.2 Å². The van der Waals surface area contributed by atoms with Crippen LogP contribution >= 0.6 is 0 Å². The molecule has 4 rings (SSSR count). The summed E-state index contributed by atoms with van der Waals surface area (Å²) in [6, 6.07) is 13.1. The highest BCUT2D eigenvalue weighted by Crippen LogP contribution is 2.32. The van der Waals surface area contributed by atoms with Crippen molar-refractivity contribution in [2.45, 2.75) is 168 Å². The van der Waals surface area contributed by atoms with Crippen LogP contribution in [-0.4, -0.2) is 26.4 Å².